The lowest BCUT2D eigenvalue weighted by molar-refractivity contribution is -0.141. The Hall–Kier alpha value is -2.23. The first kappa shape index (κ1) is 16.8. The highest BCUT2D eigenvalue weighted by atomic mass is 16.2. The van der Waals surface area contributed by atoms with Gasteiger partial charge in [0.25, 0.3) is 5.91 Å². The van der Waals surface area contributed by atoms with E-state index in [2.05, 4.69) is 6.58 Å². The van der Waals surface area contributed by atoms with E-state index in [-0.39, 0.29) is 12.8 Å². The van der Waals surface area contributed by atoms with Crippen LogP contribution in [0.1, 0.15) is 49.4 Å². The van der Waals surface area contributed by atoms with Crippen molar-refractivity contribution in [3.63, 3.8) is 0 Å². The minimum atomic E-state index is -0.550. The molecule has 112 valence electrons. The number of hydrogen-bond donors (Lipinski definition) is 0. The molecule has 0 spiro atoms. The molecule has 3 amide bonds. The molecule has 0 saturated carbocycles. The van der Waals surface area contributed by atoms with Gasteiger partial charge in [-0.1, -0.05) is 37.6 Å². The van der Waals surface area contributed by atoms with Crippen molar-refractivity contribution in [2.24, 2.45) is 0 Å². The minimum Gasteiger partial charge on any atom is -0.274 e. The second-order valence-corrected chi connectivity index (χ2v) is 4.72. The molecule has 0 heterocycles. The van der Waals surface area contributed by atoms with Crippen LogP contribution >= 0.6 is 0 Å². The Bertz CT molecular complexity index is 508. The molecule has 0 fully saturated rings. The van der Waals surface area contributed by atoms with E-state index in [0.29, 0.717) is 18.4 Å². The summed E-state index contributed by atoms with van der Waals surface area (Å²) in [6, 6.07) is 8.39. The summed E-state index contributed by atoms with van der Waals surface area (Å²) in [5.74, 6) is -1.45. The van der Waals surface area contributed by atoms with Crippen LogP contribution in [0.4, 0.5) is 0 Å². The Morgan fingerprint density at radius 1 is 1.10 bits per heavy atom. The molecule has 0 unspecified atom stereocenters. The summed E-state index contributed by atoms with van der Waals surface area (Å²) >= 11 is 0. The van der Waals surface area contributed by atoms with Crippen LogP contribution in [0, 0.1) is 0 Å². The van der Waals surface area contributed by atoms with Crippen molar-refractivity contribution in [2.75, 3.05) is 0 Å². The average Bonchev–Trinajstić information content (AvgIpc) is 2.51. The molecule has 0 aliphatic heterocycles. The van der Waals surface area contributed by atoms with Gasteiger partial charge in [-0.05, 0) is 25.0 Å². The molecular weight excluding hydrogens is 266 g/mol. The first-order chi connectivity index (χ1) is 10.1. The van der Waals surface area contributed by atoms with Gasteiger partial charge in [-0.15, -0.1) is 6.58 Å². The number of nitrogens with zero attached hydrogens (tertiary/aromatic N) is 1. The smallest absolute Gasteiger partial charge is 0.267 e. The van der Waals surface area contributed by atoms with Gasteiger partial charge in [0.2, 0.25) is 11.8 Å². The number of imide groups is 3. The number of rotatable bonds is 7. The normalized spacial score (nSPS) is 9.95. The Balaban J connectivity index is 2.95. The molecule has 4 nitrogen and oxygen atoms in total. The van der Waals surface area contributed by atoms with Crippen molar-refractivity contribution in [2.45, 2.75) is 39.0 Å². The molecule has 0 N–H and O–H groups in total. The van der Waals surface area contributed by atoms with Crippen LogP contribution in [-0.4, -0.2) is 22.6 Å². The summed E-state index contributed by atoms with van der Waals surface area (Å²) in [7, 11) is 0. The van der Waals surface area contributed by atoms with Gasteiger partial charge in [-0.3, -0.25) is 14.4 Å². The van der Waals surface area contributed by atoms with Crippen molar-refractivity contribution in [1.82, 2.24) is 4.90 Å². The highest BCUT2D eigenvalue weighted by Gasteiger charge is 2.28. The van der Waals surface area contributed by atoms with Crippen LogP contribution in [0.15, 0.2) is 43.0 Å². The van der Waals surface area contributed by atoms with E-state index in [1.54, 1.807) is 36.4 Å². The molecule has 0 aliphatic rings. The van der Waals surface area contributed by atoms with Gasteiger partial charge in [0.1, 0.15) is 0 Å². The Morgan fingerprint density at radius 2 is 1.71 bits per heavy atom. The van der Waals surface area contributed by atoms with E-state index in [1.807, 2.05) is 6.92 Å². The number of unbranched alkanes of at least 4 members (excludes halogenated alkanes) is 1. The predicted octanol–water partition coefficient (Wildman–Crippen LogP) is 3.34. The van der Waals surface area contributed by atoms with Gasteiger partial charge >= 0.3 is 0 Å². The Kier molecular flexibility index (Phi) is 7.09. The van der Waals surface area contributed by atoms with Gasteiger partial charge in [-0.2, -0.15) is 0 Å². The number of carbonyl (C=O) groups excluding carboxylic acids is 3. The Morgan fingerprint density at radius 3 is 2.29 bits per heavy atom. The van der Waals surface area contributed by atoms with Gasteiger partial charge in [-0.25, -0.2) is 4.90 Å². The molecule has 0 aliphatic carbocycles. The second kappa shape index (κ2) is 8.84. The number of allylic oxidation sites excluding steroid dienone is 1. The van der Waals surface area contributed by atoms with Crippen LogP contribution in [0.3, 0.4) is 0 Å². The molecule has 1 rings (SSSR count). The SMILES string of the molecule is C=CCCC(=O)N(C(=O)CCCC)C(=O)c1ccccc1. The molecule has 0 bridgehead atoms. The third kappa shape index (κ3) is 4.99. The lowest BCUT2D eigenvalue weighted by Crippen LogP contribution is -2.41. The zero-order chi connectivity index (χ0) is 15.7. The standard InChI is InChI=1S/C17H21NO3/c1-3-5-12-15(19)18(16(20)13-6-4-2)17(21)14-10-8-7-9-11-14/h3,7-11H,1,4-6,12-13H2,2H3. The van der Waals surface area contributed by atoms with Crippen LogP contribution in [0.25, 0.3) is 0 Å². The largest absolute Gasteiger partial charge is 0.274 e. The maximum Gasteiger partial charge on any atom is 0.267 e. The second-order valence-electron chi connectivity index (χ2n) is 4.72. The van der Waals surface area contributed by atoms with Crippen molar-refractivity contribution in [1.29, 1.82) is 0 Å². The maximum absolute atomic E-state index is 12.4. The molecule has 0 atom stereocenters. The summed E-state index contributed by atoms with van der Waals surface area (Å²) in [6.45, 7) is 5.50. The van der Waals surface area contributed by atoms with Crippen molar-refractivity contribution in [3.05, 3.63) is 48.6 Å². The quantitative estimate of drug-likeness (QED) is 0.723. The molecule has 1 aromatic carbocycles. The summed E-state index contributed by atoms with van der Waals surface area (Å²) in [6.07, 6.45) is 3.85. The van der Waals surface area contributed by atoms with E-state index in [9.17, 15) is 14.4 Å². The van der Waals surface area contributed by atoms with Crippen LogP contribution in [0.5, 0.6) is 0 Å². The lowest BCUT2D eigenvalue weighted by Gasteiger charge is -2.19. The third-order valence-corrected chi connectivity index (χ3v) is 3.03. The summed E-state index contributed by atoms with van der Waals surface area (Å²) in [4.78, 5) is 37.5. The van der Waals surface area contributed by atoms with E-state index in [0.717, 1.165) is 11.3 Å². The summed E-state index contributed by atoms with van der Waals surface area (Å²) in [5.41, 5.74) is 0.342. The highest BCUT2D eigenvalue weighted by molar-refractivity contribution is 6.16. The molecule has 4 heteroatoms. The fourth-order valence-electron chi connectivity index (χ4n) is 1.85. The Labute approximate surface area is 125 Å². The van der Waals surface area contributed by atoms with Crippen molar-refractivity contribution in [3.8, 4) is 0 Å². The zero-order valence-corrected chi connectivity index (χ0v) is 12.4. The van der Waals surface area contributed by atoms with Gasteiger partial charge in [0.05, 0.1) is 0 Å². The number of amides is 3. The van der Waals surface area contributed by atoms with Gasteiger partial charge in [0, 0.05) is 18.4 Å². The monoisotopic (exact) mass is 287 g/mol. The van der Waals surface area contributed by atoms with Crippen LogP contribution in [0.2, 0.25) is 0 Å². The molecule has 0 aromatic heterocycles. The van der Waals surface area contributed by atoms with E-state index in [1.165, 1.54) is 0 Å². The van der Waals surface area contributed by atoms with E-state index >= 15 is 0 Å². The molecule has 21 heavy (non-hydrogen) atoms. The van der Waals surface area contributed by atoms with Gasteiger partial charge in [0.15, 0.2) is 0 Å². The molecular formula is C17H21NO3. The average molecular weight is 287 g/mol. The van der Waals surface area contributed by atoms with Crippen molar-refractivity contribution >= 4 is 17.7 Å². The zero-order valence-electron chi connectivity index (χ0n) is 12.4. The van der Waals surface area contributed by atoms with Gasteiger partial charge < -0.3 is 0 Å². The van der Waals surface area contributed by atoms with Crippen molar-refractivity contribution < 1.29 is 14.4 Å². The van der Waals surface area contributed by atoms with E-state index < -0.39 is 17.7 Å². The molecule has 1 aromatic rings. The summed E-state index contributed by atoms with van der Waals surface area (Å²) in [5, 5.41) is 0. The minimum absolute atomic E-state index is 0.111. The number of carbonyl (C=O) groups is 3. The maximum atomic E-state index is 12.4. The first-order valence-corrected chi connectivity index (χ1v) is 7.17. The fraction of sp³-hybridized carbons (Fsp3) is 0.353. The lowest BCUT2D eigenvalue weighted by atomic mass is 10.1. The topological polar surface area (TPSA) is 54.5 Å². The third-order valence-electron chi connectivity index (χ3n) is 3.03. The molecule has 0 saturated heterocycles. The summed E-state index contributed by atoms with van der Waals surface area (Å²) < 4.78 is 0. The molecule has 0 radical (unpaired) electrons. The first-order valence-electron chi connectivity index (χ1n) is 7.17. The number of hydrogen-bond acceptors (Lipinski definition) is 3. The fourth-order valence-corrected chi connectivity index (χ4v) is 1.85. The highest BCUT2D eigenvalue weighted by Crippen LogP contribution is 2.11. The predicted molar refractivity (Wildman–Crippen MR) is 81.6 cm³/mol. The number of benzene rings is 1. The van der Waals surface area contributed by atoms with E-state index in [4.69, 9.17) is 0 Å². The van der Waals surface area contributed by atoms with Crippen LogP contribution < -0.4 is 0 Å². The van der Waals surface area contributed by atoms with Crippen LogP contribution in [-0.2, 0) is 9.59 Å².